The van der Waals surface area contributed by atoms with Gasteiger partial charge in [0.05, 0.1) is 12.1 Å². The Morgan fingerprint density at radius 1 is 1.00 bits per heavy atom. The molecule has 0 saturated carbocycles. The van der Waals surface area contributed by atoms with E-state index < -0.39 is 0 Å². The lowest BCUT2D eigenvalue weighted by Gasteiger charge is -2.06. The van der Waals surface area contributed by atoms with Gasteiger partial charge in [-0.15, -0.1) is 5.10 Å². The number of hydrogen-bond donors (Lipinski definition) is 1. The Hall–Kier alpha value is -3.54. The molecule has 0 aliphatic carbocycles. The molecule has 1 aromatic heterocycles. The number of carbonyl (C=O) groups is 1. The summed E-state index contributed by atoms with van der Waals surface area (Å²) in [5.41, 5.74) is 3.62. The molecule has 128 valence electrons. The molecular formula is C20H15FN4O. The van der Waals surface area contributed by atoms with Crippen molar-refractivity contribution in [3.63, 3.8) is 0 Å². The summed E-state index contributed by atoms with van der Waals surface area (Å²) in [6.45, 7) is 0.610. The van der Waals surface area contributed by atoms with Crippen molar-refractivity contribution in [3.05, 3.63) is 89.7 Å². The second kappa shape index (κ2) is 6.76. The van der Waals surface area contributed by atoms with Crippen LogP contribution in [-0.2, 0) is 6.54 Å². The number of fused-ring (bicyclic) bond motifs is 1. The highest BCUT2D eigenvalue weighted by Crippen LogP contribution is 2.17. The lowest BCUT2D eigenvalue weighted by Crippen LogP contribution is -2.11. The molecule has 5 nitrogen and oxygen atoms in total. The van der Waals surface area contributed by atoms with Crippen LogP contribution in [0.3, 0.4) is 0 Å². The van der Waals surface area contributed by atoms with Crippen molar-refractivity contribution in [2.24, 2.45) is 0 Å². The van der Waals surface area contributed by atoms with E-state index in [4.69, 9.17) is 0 Å². The normalized spacial score (nSPS) is 10.8. The van der Waals surface area contributed by atoms with Crippen LogP contribution in [0.4, 0.5) is 10.1 Å². The van der Waals surface area contributed by atoms with Crippen molar-refractivity contribution in [1.82, 2.24) is 15.0 Å². The first-order valence-corrected chi connectivity index (χ1v) is 8.13. The van der Waals surface area contributed by atoms with E-state index in [1.165, 1.54) is 24.3 Å². The number of anilines is 1. The number of nitrogens with one attached hydrogen (secondary N) is 1. The van der Waals surface area contributed by atoms with Gasteiger partial charge in [-0.1, -0.05) is 35.5 Å². The van der Waals surface area contributed by atoms with Crippen LogP contribution in [0.25, 0.3) is 11.0 Å². The second-order valence-electron chi connectivity index (χ2n) is 5.90. The first-order valence-electron chi connectivity index (χ1n) is 8.13. The van der Waals surface area contributed by atoms with Crippen molar-refractivity contribution in [3.8, 4) is 0 Å². The van der Waals surface area contributed by atoms with Crippen molar-refractivity contribution < 1.29 is 9.18 Å². The molecule has 1 amide bonds. The van der Waals surface area contributed by atoms with E-state index in [1.54, 1.807) is 16.8 Å². The summed E-state index contributed by atoms with van der Waals surface area (Å²) < 4.78 is 14.7. The fraction of sp³-hybridized carbons (Fsp3) is 0.0500. The maximum Gasteiger partial charge on any atom is 0.255 e. The third kappa shape index (κ3) is 3.30. The van der Waals surface area contributed by atoms with Gasteiger partial charge in [-0.25, -0.2) is 9.07 Å². The molecule has 26 heavy (non-hydrogen) atoms. The van der Waals surface area contributed by atoms with E-state index in [0.717, 1.165) is 11.1 Å². The first-order chi connectivity index (χ1) is 12.7. The molecule has 0 atom stereocenters. The van der Waals surface area contributed by atoms with E-state index >= 15 is 0 Å². The number of halogens is 1. The van der Waals surface area contributed by atoms with E-state index in [-0.39, 0.29) is 11.7 Å². The van der Waals surface area contributed by atoms with E-state index in [9.17, 15) is 9.18 Å². The Morgan fingerprint density at radius 3 is 2.54 bits per heavy atom. The van der Waals surface area contributed by atoms with Crippen LogP contribution < -0.4 is 5.32 Å². The van der Waals surface area contributed by atoms with Gasteiger partial charge in [0.1, 0.15) is 11.3 Å². The van der Waals surface area contributed by atoms with Gasteiger partial charge in [0, 0.05) is 11.3 Å². The average Bonchev–Trinajstić information content (AvgIpc) is 3.06. The quantitative estimate of drug-likeness (QED) is 0.610. The van der Waals surface area contributed by atoms with Crippen molar-refractivity contribution in [1.29, 1.82) is 0 Å². The van der Waals surface area contributed by atoms with Crippen LogP contribution in [-0.4, -0.2) is 20.9 Å². The zero-order valence-electron chi connectivity index (χ0n) is 13.8. The van der Waals surface area contributed by atoms with Gasteiger partial charge in [0.2, 0.25) is 0 Å². The van der Waals surface area contributed by atoms with E-state index in [1.807, 2.05) is 36.4 Å². The van der Waals surface area contributed by atoms with Crippen LogP contribution in [0.15, 0.2) is 72.8 Å². The highest BCUT2D eigenvalue weighted by molar-refractivity contribution is 6.05. The molecule has 3 aromatic carbocycles. The third-order valence-electron chi connectivity index (χ3n) is 4.05. The zero-order chi connectivity index (χ0) is 17.9. The summed E-state index contributed by atoms with van der Waals surface area (Å²) >= 11 is 0. The largest absolute Gasteiger partial charge is 0.322 e. The summed E-state index contributed by atoms with van der Waals surface area (Å²) in [6.07, 6.45) is 0. The maximum absolute atomic E-state index is 12.9. The predicted octanol–water partition coefficient (Wildman–Crippen LogP) is 3.87. The summed E-state index contributed by atoms with van der Waals surface area (Å²) in [5, 5.41) is 11.1. The Bertz CT molecular complexity index is 1060. The fourth-order valence-corrected chi connectivity index (χ4v) is 2.72. The number of amides is 1. The topological polar surface area (TPSA) is 59.8 Å². The van der Waals surface area contributed by atoms with Crippen LogP contribution in [0.5, 0.6) is 0 Å². The van der Waals surface area contributed by atoms with Crippen LogP contribution in [0, 0.1) is 5.82 Å². The average molecular weight is 346 g/mol. The summed E-state index contributed by atoms with van der Waals surface area (Å²) in [6, 6.07) is 20.9. The number of carbonyl (C=O) groups excluding carboxylic acids is 1. The molecular weight excluding hydrogens is 331 g/mol. The van der Waals surface area contributed by atoms with Crippen molar-refractivity contribution in [2.45, 2.75) is 6.54 Å². The Kier molecular flexibility index (Phi) is 4.15. The second-order valence-corrected chi connectivity index (χ2v) is 5.90. The molecule has 1 heterocycles. The Morgan fingerprint density at radius 2 is 1.77 bits per heavy atom. The first kappa shape index (κ1) is 16.0. The van der Waals surface area contributed by atoms with Crippen LogP contribution in [0.2, 0.25) is 0 Å². The molecule has 0 spiro atoms. The number of aromatic nitrogens is 3. The number of hydrogen-bond acceptors (Lipinski definition) is 3. The van der Waals surface area contributed by atoms with Gasteiger partial charge in [-0.05, 0) is 48.0 Å². The minimum absolute atomic E-state index is 0.281. The molecule has 4 aromatic rings. The Balaban J connectivity index is 1.56. The van der Waals surface area contributed by atoms with Crippen LogP contribution >= 0.6 is 0 Å². The molecule has 0 bridgehead atoms. The van der Waals surface area contributed by atoms with Crippen molar-refractivity contribution >= 4 is 22.6 Å². The molecule has 0 unspecified atom stereocenters. The number of rotatable bonds is 4. The smallest absolute Gasteiger partial charge is 0.255 e. The van der Waals surface area contributed by atoms with Gasteiger partial charge in [-0.3, -0.25) is 4.79 Å². The molecule has 0 aliphatic rings. The van der Waals surface area contributed by atoms with Gasteiger partial charge >= 0.3 is 0 Å². The lowest BCUT2D eigenvalue weighted by atomic mass is 10.1. The Labute approximate surface area is 149 Å². The standard InChI is InChI=1S/C20H15FN4O/c21-16-7-9-17(10-8-16)22-20(26)15-6-11-19-18(12-15)23-24-25(19)13-14-4-2-1-3-5-14/h1-12H,13H2,(H,22,26). The molecule has 0 saturated heterocycles. The third-order valence-corrected chi connectivity index (χ3v) is 4.05. The molecule has 4 rings (SSSR count). The summed E-state index contributed by atoms with van der Waals surface area (Å²) in [7, 11) is 0. The van der Waals surface area contributed by atoms with E-state index in [2.05, 4.69) is 15.6 Å². The fourth-order valence-electron chi connectivity index (χ4n) is 2.72. The van der Waals surface area contributed by atoms with Gasteiger partial charge < -0.3 is 5.32 Å². The van der Waals surface area contributed by atoms with E-state index in [0.29, 0.717) is 23.3 Å². The highest BCUT2D eigenvalue weighted by atomic mass is 19.1. The monoisotopic (exact) mass is 346 g/mol. The minimum Gasteiger partial charge on any atom is -0.322 e. The minimum atomic E-state index is -0.348. The molecule has 1 N–H and O–H groups in total. The van der Waals surface area contributed by atoms with Gasteiger partial charge in [-0.2, -0.15) is 0 Å². The molecule has 0 fully saturated rings. The lowest BCUT2D eigenvalue weighted by molar-refractivity contribution is 0.102. The van der Waals surface area contributed by atoms with Crippen molar-refractivity contribution in [2.75, 3.05) is 5.32 Å². The van der Waals surface area contributed by atoms with Gasteiger partial charge in [0.25, 0.3) is 5.91 Å². The number of benzene rings is 3. The summed E-state index contributed by atoms with van der Waals surface area (Å²) in [4.78, 5) is 12.4. The molecule has 0 aliphatic heterocycles. The van der Waals surface area contributed by atoms with Gasteiger partial charge in [0.15, 0.2) is 0 Å². The summed E-state index contributed by atoms with van der Waals surface area (Å²) in [5.74, 6) is -0.629. The zero-order valence-corrected chi connectivity index (χ0v) is 13.8. The predicted molar refractivity (Wildman–Crippen MR) is 97.4 cm³/mol. The SMILES string of the molecule is O=C(Nc1ccc(F)cc1)c1ccc2c(c1)nnn2Cc1ccccc1. The molecule has 6 heteroatoms. The number of nitrogens with zero attached hydrogens (tertiary/aromatic N) is 3. The van der Waals surface area contributed by atoms with Crippen LogP contribution in [0.1, 0.15) is 15.9 Å². The highest BCUT2D eigenvalue weighted by Gasteiger charge is 2.11. The maximum atomic E-state index is 12.9. The molecule has 0 radical (unpaired) electrons.